The lowest BCUT2D eigenvalue weighted by Crippen LogP contribution is -2.15. The summed E-state index contributed by atoms with van der Waals surface area (Å²) in [7, 11) is 0. The van der Waals surface area contributed by atoms with Crippen molar-refractivity contribution in [3.63, 3.8) is 0 Å². The van der Waals surface area contributed by atoms with Gasteiger partial charge in [-0.3, -0.25) is 0 Å². The smallest absolute Gasteiger partial charge is 0.162 e. The molecular formula is C16H17NO2S. The molecule has 1 aliphatic rings. The fourth-order valence-corrected chi connectivity index (χ4v) is 2.91. The van der Waals surface area contributed by atoms with E-state index in [1.54, 1.807) is 11.8 Å². The second-order valence-electron chi connectivity index (χ2n) is 4.77. The molecule has 0 aliphatic carbocycles. The van der Waals surface area contributed by atoms with Crippen LogP contribution in [-0.4, -0.2) is 13.2 Å². The van der Waals surface area contributed by atoms with Gasteiger partial charge in [-0.15, -0.1) is 0 Å². The first-order valence-corrected chi connectivity index (χ1v) is 7.47. The SMILES string of the molecule is C[C@@H](N)c1ccc(Sc2ccc3c(c2)OCCO3)cc1. The van der Waals surface area contributed by atoms with E-state index in [0.29, 0.717) is 13.2 Å². The summed E-state index contributed by atoms with van der Waals surface area (Å²) < 4.78 is 11.1. The van der Waals surface area contributed by atoms with Gasteiger partial charge >= 0.3 is 0 Å². The van der Waals surface area contributed by atoms with E-state index in [4.69, 9.17) is 15.2 Å². The van der Waals surface area contributed by atoms with Crippen LogP contribution in [0.3, 0.4) is 0 Å². The van der Waals surface area contributed by atoms with Gasteiger partial charge in [-0.05, 0) is 42.8 Å². The van der Waals surface area contributed by atoms with Crippen molar-refractivity contribution in [2.75, 3.05) is 13.2 Å². The summed E-state index contributed by atoms with van der Waals surface area (Å²) in [6.45, 7) is 3.23. The fourth-order valence-electron chi connectivity index (χ4n) is 2.06. The molecule has 0 unspecified atom stereocenters. The monoisotopic (exact) mass is 287 g/mol. The Morgan fingerprint density at radius 2 is 1.60 bits per heavy atom. The molecule has 2 aromatic carbocycles. The highest BCUT2D eigenvalue weighted by Crippen LogP contribution is 2.36. The molecule has 0 aromatic heterocycles. The molecule has 104 valence electrons. The highest BCUT2D eigenvalue weighted by Gasteiger charge is 2.12. The van der Waals surface area contributed by atoms with Gasteiger partial charge in [-0.25, -0.2) is 0 Å². The molecule has 1 heterocycles. The van der Waals surface area contributed by atoms with Crippen molar-refractivity contribution in [3.05, 3.63) is 48.0 Å². The molecule has 2 N–H and O–H groups in total. The van der Waals surface area contributed by atoms with Crippen molar-refractivity contribution >= 4 is 11.8 Å². The molecule has 0 amide bonds. The van der Waals surface area contributed by atoms with Crippen molar-refractivity contribution in [1.82, 2.24) is 0 Å². The number of ether oxygens (including phenoxy) is 2. The van der Waals surface area contributed by atoms with Gasteiger partial charge in [0.15, 0.2) is 11.5 Å². The molecule has 0 saturated carbocycles. The third-order valence-electron chi connectivity index (χ3n) is 3.16. The van der Waals surface area contributed by atoms with Crippen molar-refractivity contribution in [2.24, 2.45) is 5.73 Å². The summed E-state index contributed by atoms with van der Waals surface area (Å²) >= 11 is 1.70. The lowest BCUT2D eigenvalue weighted by molar-refractivity contribution is 0.171. The Hall–Kier alpha value is -1.65. The molecule has 4 heteroatoms. The van der Waals surface area contributed by atoms with Crippen LogP contribution in [0.15, 0.2) is 52.3 Å². The standard InChI is InChI=1S/C16H17NO2S/c1-11(17)12-2-4-13(5-3-12)20-14-6-7-15-16(10-14)19-9-8-18-15/h2-7,10-11H,8-9,17H2,1H3/t11-/m1/s1. The van der Waals surface area contributed by atoms with Gasteiger partial charge in [-0.1, -0.05) is 23.9 Å². The molecule has 0 bridgehead atoms. The lowest BCUT2D eigenvalue weighted by Gasteiger charge is -2.18. The van der Waals surface area contributed by atoms with Crippen molar-refractivity contribution < 1.29 is 9.47 Å². The zero-order valence-corrected chi connectivity index (χ0v) is 12.2. The first-order chi connectivity index (χ1) is 9.72. The van der Waals surface area contributed by atoms with Crippen molar-refractivity contribution in [3.8, 4) is 11.5 Å². The van der Waals surface area contributed by atoms with Crippen LogP contribution in [0, 0.1) is 0 Å². The average molecular weight is 287 g/mol. The molecule has 0 fully saturated rings. The van der Waals surface area contributed by atoms with Gasteiger partial charge in [0.2, 0.25) is 0 Å². The molecule has 20 heavy (non-hydrogen) atoms. The minimum atomic E-state index is 0.0725. The maximum atomic E-state index is 5.86. The molecule has 0 radical (unpaired) electrons. The van der Waals surface area contributed by atoms with E-state index in [0.717, 1.165) is 22.0 Å². The van der Waals surface area contributed by atoms with Gasteiger partial charge < -0.3 is 15.2 Å². The second kappa shape index (κ2) is 5.77. The van der Waals surface area contributed by atoms with E-state index in [1.807, 2.05) is 19.1 Å². The van der Waals surface area contributed by atoms with E-state index >= 15 is 0 Å². The van der Waals surface area contributed by atoms with Crippen LogP contribution in [-0.2, 0) is 0 Å². The first-order valence-electron chi connectivity index (χ1n) is 6.65. The minimum Gasteiger partial charge on any atom is -0.486 e. The summed E-state index contributed by atoms with van der Waals surface area (Å²) in [4.78, 5) is 2.33. The highest BCUT2D eigenvalue weighted by atomic mass is 32.2. The number of rotatable bonds is 3. The lowest BCUT2D eigenvalue weighted by atomic mass is 10.1. The van der Waals surface area contributed by atoms with Crippen LogP contribution in [0.4, 0.5) is 0 Å². The Balaban J connectivity index is 1.77. The Kier molecular flexibility index (Phi) is 3.85. The molecule has 1 aliphatic heterocycles. The van der Waals surface area contributed by atoms with Gasteiger partial charge in [0.1, 0.15) is 13.2 Å². The Bertz CT molecular complexity index is 596. The largest absolute Gasteiger partial charge is 0.486 e. The highest BCUT2D eigenvalue weighted by molar-refractivity contribution is 7.99. The van der Waals surface area contributed by atoms with Crippen LogP contribution >= 0.6 is 11.8 Å². The molecule has 1 atom stereocenters. The quantitative estimate of drug-likeness (QED) is 0.936. The third-order valence-corrected chi connectivity index (χ3v) is 4.15. The Morgan fingerprint density at radius 1 is 0.950 bits per heavy atom. The summed E-state index contributed by atoms with van der Waals surface area (Å²) in [5, 5.41) is 0. The number of nitrogens with two attached hydrogens (primary N) is 1. The molecule has 3 rings (SSSR count). The predicted molar refractivity (Wildman–Crippen MR) is 80.6 cm³/mol. The zero-order chi connectivity index (χ0) is 13.9. The topological polar surface area (TPSA) is 44.5 Å². The second-order valence-corrected chi connectivity index (χ2v) is 5.91. The van der Waals surface area contributed by atoms with E-state index in [2.05, 4.69) is 30.3 Å². The normalized spacial score (nSPS) is 14.9. The fraction of sp³-hybridized carbons (Fsp3) is 0.250. The molecule has 2 aromatic rings. The third kappa shape index (κ3) is 2.92. The van der Waals surface area contributed by atoms with E-state index in [1.165, 1.54) is 4.90 Å². The van der Waals surface area contributed by atoms with Crippen LogP contribution in [0.5, 0.6) is 11.5 Å². The number of fused-ring (bicyclic) bond motifs is 1. The maximum absolute atomic E-state index is 5.86. The van der Waals surface area contributed by atoms with Crippen molar-refractivity contribution in [2.45, 2.75) is 22.8 Å². The molecule has 0 spiro atoms. The number of hydrogen-bond donors (Lipinski definition) is 1. The van der Waals surface area contributed by atoms with E-state index in [9.17, 15) is 0 Å². The van der Waals surface area contributed by atoms with Gasteiger partial charge in [0.05, 0.1) is 0 Å². The van der Waals surface area contributed by atoms with Crippen LogP contribution in [0.1, 0.15) is 18.5 Å². The Labute approximate surface area is 123 Å². The van der Waals surface area contributed by atoms with Crippen LogP contribution in [0.2, 0.25) is 0 Å². The molecule has 0 saturated heterocycles. The Morgan fingerprint density at radius 3 is 2.30 bits per heavy atom. The number of benzene rings is 2. The maximum Gasteiger partial charge on any atom is 0.162 e. The predicted octanol–water partition coefficient (Wildman–Crippen LogP) is 3.63. The zero-order valence-electron chi connectivity index (χ0n) is 11.3. The summed E-state index contributed by atoms with van der Waals surface area (Å²) in [6, 6.07) is 14.5. The van der Waals surface area contributed by atoms with Gasteiger partial charge in [0.25, 0.3) is 0 Å². The molecule has 3 nitrogen and oxygen atoms in total. The number of hydrogen-bond acceptors (Lipinski definition) is 4. The van der Waals surface area contributed by atoms with Gasteiger partial charge in [-0.2, -0.15) is 0 Å². The summed E-state index contributed by atoms with van der Waals surface area (Å²) in [5.41, 5.74) is 7.00. The van der Waals surface area contributed by atoms with Crippen LogP contribution in [0.25, 0.3) is 0 Å². The van der Waals surface area contributed by atoms with E-state index < -0.39 is 0 Å². The summed E-state index contributed by atoms with van der Waals surface area (Å²) in [6.07, 6.45) is 0. The first kappa shape index (κ1) is 13.3. The minimum absolute atomic E-state index is 0.0725. The van der Waals surface area contributed by atoms with E-state index in [-0.39, 0.29) is 6.04 Å². The van der Waals surface area contributed by atoms with Gasteiger partial charge in [0, 0.05) is 15.8 Å². The molecular weight excluding hydrogens is 270 g/mol. The van der Waals surface area contributed by atoms with Crippen molar-refractivity contribution in [1.29, 1.82) is 0 Å². The average Bonchev–Trinajstić information content (AvgIpc) is 2.48. The summed E-state index contributed by atoms with van der Waals surface area (Å²) in [5.74, 6) is 1.65. The van der Waals surface area contributed by atoms with Crippen LogP contribution < -0.4 is 15.2 Å².